The van der Waals surface area contributed by atoms with Crippen molar-refractivity contribution in [2.24, 2.45) is 4.99 Å². The molecule has 1 amide bonds. The zero-order valence-corrected chi connectivity index (χ0v) is 19.9. The number of hydrogen-bond acceptors (Lipinski definition) is 6. The number of esters is 1. The van der Waals surface area contributed by atoms with Crippen LogP contribution in [0.3, 0.4) is 0 Å². The number of hydrogen-bond donors (Lipinski definition) is 1. The SMILES string of the molecule is CCOC(=O)C1=C(O)/C(=C/c2ccc(-c3cccc(Cl)c3)o2)SC1=NC(=O)c1ccc(C)cc1. The maximum Gasteiger partial charge on any atom is 0.344 e. The fraction of sp³-hybridized carbons (Fsp3) is 0.115. The van der Waals surface area contributed by atoms with Crippen LogP contribution in [0, 0.1) is 6.92 Å². The van der Waals surface area contributed by atoms with Crippen LogP contribution in [0.15, 0.2) is 86.3 Å². The van der Waals surface area contributed by atoms with Crippen molar-refractivity contribution in [3.8, 4) is 11.3 Å². The molecule has 172 valence electrons. The third kappa shape index (κ3) is 5.16. The lowest BCUT2D eigenvalue weighted by Gasteiger charge is -2.03. The zero-order chi connectivity index (χ0) is 24.2. The molecule has 0 aliphatic carbocycles. The molecule has 0 saturated heterocycles. The summed E-state index contributed by atoms with van der Waals surface area (Å²) in [6.07, 6.45) is 1.58. The number of carbonyl (C=O) groups is 2. The highest BCUT2D eigenvalue weighted by Gasteiger charge is 2.34. The van der Waals surface area contributed by atoms with Crippen LogP contribution >= 0.6 is 23.4 Å². The van der Waals surface area contributed by atoms with Crippen LogP contribution < -0.4 is 0 Å². The Kier molecular flexibility index (Phi) is 7.05. The van der Waals surface area contributed by atoms with E-state index in [2.05, 4.69) is 4.99 Å². The predicted octanol–water partition coefficient (Wildman–Crippen LogP) is 6.61. The Bertz CT molecular complexity index is 1350. The third-order valence-corrected chi connectivity index (χ3v) is 6.14. The lowest BCUT2D eigenvalue weighted by Crippen LogP contribution is -2.14. The van der Waals surface area contributed by atoms with Gasteiger partial charge in [-0.3, -0.25) is 4.79 Å². The molecule has 1 aliphatic rings. The van der Waals surface area contributed by atoms with Crippen LogP contribution in [0.4, 0.5) is 0 Å². The molecule has 0 fully saturated rings. The second-order valence-electron chi connectivity index (χ2n) is 7.36. The van der Waals surface area contributed by atoms with Crippen molar-refractivity contribution in [2.75, 3.05) is 6.61 Å². The molecule has 1 aliphatic heterocycles. The molecule has 2 heterocycles. The van der Waals surface area contributed by atoms with Crippen molar-refractivity contribution in [2.45, 2.75) is 13.8 Å². The quantitative estimate of drug-likeness (QED) is 0.402. The van der Waals surface area contributed by atoms with Gasteiger partial charge in [0, 0.05) is 16.1 Å². The van der Waals surface area contributed by atoms with E-state index >= 15 is 0 Å². The molecule has 0 unspecified atom stereocenters. The van der Waals surface area contributed by atoms with Gasteiger partial charge in [-0.25, -0.2) is 9.79 Å². The summed E-state index contributed by atoms with van der Waals surface area (Å²) in [5.41, 5.74) is 2.02. The Morgan fingerprint density at radius 1 is 1.15 bits per heavy atom. The summed E-state index contributed by atoms with van der Waals surface area (Å²) in [7, 11) is 0. The first kappa shape index (κ1) is 23.6. The topological polar surface area (TPSA) is 89.1 Å². The average molecular weight is 494 g/mol. The molecule has 4 rings (SSSR count). The van der Waals surface area contributed by atoms with Crippen LogP contribution in [0.25, 0.3) is 17.4 Å². The van der Waals surface area contributed by atoms with Gasteiger partial charge < -0.3 is 14.3 Å². The Balaban J connectivity index is 1.67. The number of aliphatic hydroxyl groups excluding tert-OH is 1. The number of aliphatic imine (C=N–C) groups is 1. The molecule has 0 bridgehead atoms. The smallest absolute Gasteiger partial charge is 0.344 e. The van der Waals surface area contributed by atoms with Crippen molar-refractivity contribution in [1.82, 2.24) is 0 Å². The summed E-state index contributed by atoms with van der Waals surface area (Å²) >= 11 is 7.05. The molecule has 0 radical (unpaired) electrons. The minimum absolute atomic E-state index is 0.0643. The first-order valence-electron chi connectivity index (χ1n) is 10.4. The van der Waals surface area contributed by atoms with Gasteiger partial charge in [0.2, 0.25) is 0 Å². The van der Waals surface area contributed by atoms with E-state index in [1.807, 2.05) is 19.1 Å². The number of nitrogens with zero attached hydrogens (tertiary/aromatic N) is 1. The highest BCUT2D eigenvalue weighted by Crippen LogP contribution is 2.40. The Labute approximate surface area is 205 Å². The number of furan rings is 1. The van der Waals surface area contributed by atoms with Gasteiger partial charge in [0.05, 0.1) is 11.5 Å². The molecular formula is C26H20ClNO5S. The van der Waals surface area contributed by atoms with Crippen LogP contribution in [-0.2, 0) is 9.53 Å². The van der Waals surface area contributed by atoms with E-state index in [4.69, 9.17) is 20.8 Å². The normalized spacial score (nSPS) is 15.9. The lowest BCUT2D eigenvalue weighted by molar-refractivity contribution is -0.138. The molecule has 3 aromatic rings. The molecule has 1 N–H and O–H groups in total. The number of benzene rings is 2. The number of amides is 1. The van der Waals surface area contributed by atoms with Crippen molar-refractivity contribution in [1.29, 1.82) is 0 Å². The highest BCUT2D eigenvalue weighted by atomic mass is 35.5. The third-order valence-electron chi connectivity index (χ3n) is 4.88. The minimum Gasteiger partial charge on any atom is -0.506 e. The Morgan fingerprint density at radius 3 is 2.62 bits per heavy atom. The van der Waals surface area contributed by atoms with E-state index in [0.717, 1.165) is 22.9 Å². The van der Waals surface area contributed by atoms with Crippen molar-refractivity contribution < 1.29 is 23.8 Å². The summed E-state index contributed by atoms with van der Waals surface area (Å²) in [5.74, 6) is -0.571. The largest absolute Gasteiger partial charge is 0.506 e. The van der Waals surface area contributed by atoms with Gasteiger partial charge in [0.1, 0.15) is 27.9 Å². The first-order chi connectivity index (χ1) is 16.4. The van der Waals surface area contributed by atoms with E-state index in [-0.39, 0.29) is 23.0 Å². The molecular weight excluding hydrogens is 474 g/mol. The van der Waals surface area contributed by atoms with Crippen molar-refractivity contribution in [3.63, 3.8) is 0 Å². The van der Waals surface area contributed by atoms with Gasteiger partial charge in [-0.05, 0) is 56.3 Å². The maximum absolute atomic E-state index is 12.7. The van der Waals surface area contributed by atoms with E-state index in [1.54, 1.807) is 61.5 Å². The second-order valence-corrected chi connectivity index (χ2v) is 8.82. The van der Waals surface area contributed by atoms with Gasteiger partial charge in [-0.2, -0.15) is 0 Å². The molecule has 6 nitrogen and oxygen atoms in total. The summed E-state index contributed by atoms with van der Waals surface area (Å²) in [6, 6.07) is 17.7. The minimum atomic E-state index is -0.759. The van der Waals surface area contributed by atoms with Crippen molar-refractivity contribution >= 4 is 46.4 Å². The number of carbonyl (C=O) groups excluding carboxylic acids is 2. The van der Waals surface area contributed by atoms with Gasteiger partial charge in [-0.1, -0.05) is 53.2 Å². The fourth-order valence-electron chi connectivity index (χ4n) is 3.20. The highest BCUT2D eigenvalue weighted by molar-refractivity contribution is 8.18. The number of aliphatic hydroxyl groups is 1. The maximum atomic E-state index is 12.7. The number of thioether (sulfide) groups is 1. The first-order valence-corrected chi connectivity index (χ1v) is 11.6. The van der Waals surface area contributed by atoms with Crippen LogP contribution in [0.2, 0.25) is 5.02 Å². The molecule has 0 saturated carbocycles. The summed E-state index contributed by atoms with van der Waals surface area (Å²) in [5, 5.41) is 11.4. The van der Waals surface area contributed by atoms with Gasteiger partial charge in [-0.15, -0.1) is 0 Å². The number of aryl methyl sites for hydroxylation is 1. The lowest BCUT2D eigenvalue weighted by atomic mass is 10.1. The van der Waals surface area contributed by atoms with Gasteiger partial charge >= 0.3 is 5.97 Å². The monoisotopic (exact) mass is 493 g/mol. The average Bonchev–Trinajstić information content (AvgIpc) is 3.39. The molecule has 8 heteroatoms. The van der Waals surface area contributed by atoms with E-state index in [1.165, 1.54) is 0 Å². The van der Waals surface area contributed by atoms with Crippen LogP contribution in [0.5, 0.6) is 0 Å². The molecule has 1 aromatic heterocycles. The molecule has 0 atom stereocenters. The number of halogens is 1. The molecule has 2 aromatic carbocycles. The van der Waals surface area contributed by atoms with Crippen LogP contribution in [-0.4, -0.2) is 28.6 Å². The fourth-order valence-corrected chi connectivity index (χ4v) is 4.38. The summed E-state index contributed by atoms with van der Waals surface area (Å²) in [4.78, 5) is 29.6. The van der Waals surface area contributed by atoms with Crippen LogP contribution in [0.1, 0.15) is 28.6 Å². The van der Waals surface area contributed by atoms with E-state index in [9.17, 15) is 14.7 Å². The zero-order valence-electron chi connectivity index (χ0n) is 18.4. The molecule has 0 spiro atoms. The second kappa shape index (κ2) is 10.2. The van der Waals surface area contributed by atoms with Gasteiger partial charge in [0.15, 0.2) is 0 Å². The standard InChI is InChI=1S/C26H20ClNO5S/c1-3-32-26(31)22-23(29)21(34-25(22)28-24(30)16-9-7-15(2)8-10-16)14-19-11-12-20(33-19)17-5-4-6-18(27)13-17/h4-14,29H,3H2,1-2H3/b21-14-,28-25?. The number of ether oxygens (including phenoxy) is 1. The summed E-state index contributed by atoms with van der Waals surface area (Å²) < 4.78 is 10.9. The molecule has 34 heavy (non-hydrogen) atoms. The number of rotatable bonds is 5. The van der Waals surface area contributed by atoms with Crippen molar-refractivity contribution in [3.05, 3.63) is 98.8 Å². The summed E-state index contributed by atoms with van der Waals surface area (Å²) in [6.45, 7) is 3.68. The Hall–Kier alpha value is -3.55. The van der Waals surface area contributed by atoms with Gasteiger partial charge in [0.25, 0.3) is 5.91 Å². The predicted molar refractivity (Wildman–Crippen MR) is 134 cm³/mol. The van der Waals surface area contributed by atoms with E-state index < -0.39 is 11.9 Å². The Morgan fingerprint density at radius 2 is 1.91 bits per heavy atom. The van der Waals surface area contributed by atoms with E-state index in [0.29, 0.717) is 27.0 Å².